The molecule has 1 fully saturated rings. The zero-order chi connectivity index (χ0) is 50.4. The summed E-state index contributed by atoms with van der Waals surface area (Å²) in [5, 5.41) is 0. The van der Waals surface area contributed by atoms with Crippen molar-refractivity contribution >= 4 is 35.6 Å². The molecule has 0 N–H and O–H groups in total. The van der Waals surface area contributed by atoms with Crippen molar-refractivity contribution in [3.8, 4) is 11.4 Å². The van der Waals surface area contributed by atoms with Crippen LogP contribution in [0.15, 0.2) is 146 Å². The van der Waals surface area contributed by atoms with Crippen LogP contribution in [-0.4, -0.2) is 142 Å². The molecular formula is C56H58N8O8. The average Bonchev–Trinajstić information content (AvgIpc) is 3.39. The van der Waals surface area contributed by atoms with Gasteiger partial charge < -0.3 is 29.1 Å². The predicted octanol–water partition coefficient (Wildman–Crippen LogP) is 5.46. The minimum Gasteiger partial charge on any atom is -0.465 e. The minimum absolute atomic E-state index is 0.0811. The van der Waals surface area contributed by atoms with Crippen molar-refractivity contribution in [1.82, 2.24) is 39.4 Å². The van der Waals surface area contributed by atoms with Gasteiger partial charge in [0.25, 0.3) is 0 Å². The topological polar surface area (TPSA) is 166 Å². The first-order chi connectivity index (χ1) is 35.0. The SMILES string of the molecule is COC(=O)c1cc2nc(c1)-c1cc(C(=O)OC)cc(n1)CN1CC(=O)N(Cc3ccccc3)CCN(Cc3ccccc3)C(=O)CN(CC(=O)N(Cc3ccccc3)CCN(Cc3ccccc3)C(=O)C1)C2. The van der Waals surface area contributed by atoms with E-state index in [9.17, 15) is 9.59 Å². The van der Waals surface area contributed by atoms with Crippen LogP contribution in [0.25, 0.3) is 11.4 Å². The van der Waals surface area contributed by atoms with Crippen LogP contribution in [-0.2, 0) is 67.9 Å². The van der Waals surface area contributed by atoms with E-state index in [1.807, 2.05) is 121 Å². The van der Waals surface area contributed by atoms with Crippen LogP contribution in [0.1, 0.15) is 54.4 Å². The van der Waals surface area contributed by atoms with Crippen LogP contribution in [0.3, 0.4) is 0 Å². The third-order valence-corrected chi connectivity index (χ3v) is 12.6. The number of pyridine rings is 2. The molecule has 6 aromatic rings. The van der Waals surface area contributed by atoms with Crippen molar-refractivity contribution in [3.63, 3.8) is 0 Å². The van der Waals surface area contributed by atoms with E-state index in [0.29, 0.717) is 11.4 Å². The molecule has 6 bridgehead atoms. The highest BCUT2D eigenvalue weighted by Gasteiger charge is 2.30. The van der Waals surface area contributed by atoms with Crippen LogP contribution < -0.4 is 0 Å². The highest BCUT2D eigenvalue weighted by Crippen LogP contribution is 2.24. The molecule has 9 rings (SSSR count). The van der Waals surface area contributed by atoms with Gasteiger partial charge in [-0.1, -0.05) is 121 Å². The van der Waals surface area contributed by atoms with Gasteiger partial charge in [-0.3, -0.25) is 29.0 Å². The fourth-order valence-corrected chi connectivity index (χ4v) is 8.90. The summed E-state index contributed by atoms with van der Waals surface area (Å²) in [6, 6.07) is 44.4. The predicted molar refractivity (Wildman–Crippen MR) is 268 cm³/mol. The molecule has 3 aliphatic heterocycles. The molecule has 2 aromatic heterocycles. The molecule has 0 spiro atoms. The lowest BCUT2D eigenvalue weighted by Gasteiger charge is -2.34. The van der Waals surface area contributed by atoms with Gasteiger partial charge in [-0.05, 0) is 46.5 Å². The molecule has 1 saturated heterocycles. The van der Waals surface area contributed by atoms with Crippen LogP contribution in [0.5, 0.6) is 0 Å². The van der Waals surface area contributed by atoms with Gasteiger partial charge in [0.05, 0.1) is 74.3 Å². The summed E-state index contributed by atoms with van der Waals surface area (Å²) in [6.07, 6.45) is 0. The molecule has 16 nitrogen and oxygen atoms in total. The highest BCUT2D eigenvalue weighted by atomic mass is 16.5. The Hall–Kier alpha value is -8.08. The molecule has 4 amide bonds. The molecule has 0 aliphatic carbocycles. The fraction of sp³-hybridized carbons (Fsp3) is 0.286. The van der Waals surface area contributed by atoms with Crippen LogP contribution >= 0.6 is 0 Å². The van der Waals surface area contributed by atoms with Crippen LogP contribution in [0, 0.1) is 0 Å². The number of fused-ring (bicyclic) bond motifs is 14. The van der Waals surface area contributed by atoms with E-state index in [1.54, 1.807) is 41.5 Å². The Morgan fingerprint density at radius 2 is 0.667 bits per heavy atom. The second-order valence-electron chi connectivity index (χ2n) is 17.9. The van der Waals surface area contributed by atoms with Crippen molar-refractivity contribution in [1.29, 1.82) is 0 Å². The number of benzene rings is 4. The first-order valence-electron chi connectivity index (χ1n) is 23.9. The second-order valence-corrected chi connectivity index (χ2v) is 17.9. The normalized spacial score (nSPS) is 17.4. The number of esters is 2. The summed E-state index contributed by atoms with van der Waals surface area (Å²) in [5.41, 5.74) is 4.76. The Balaban J connectivity index is 1.32. The molecule has 4 aromatic carbocycles. The third-order valence-electron chi connectivity index (χ3n) is 12.6. The number of amides is 4. The van der Waals surface area contributed by atoms with Crippen molar-refractivity contribution in [2.45, 2.75) is 39.3 Å². The fourth-order valence-electron chi connectivity index (χ4n) is 8.90. The molecule has 16 heteroatoms. The highest BCUT2D eigenvalue weighted by molar-refractivity contribution is 5.92. The number of aromatic nitrogens is 2. The van der Waals surface area contributed by atoms with Gasteiger partial charge in [-0.2, -0.15) is 0 Å². The maximum Gasteiger partial charge on any atom is 0.337 e. The van der Waals surface area contributed by atoms with E-state index in [1.165, 1.54) is 26.4 Å². The van der Waals surface area contributed by atoms with Crippen molar-refractivity contribution in [2.75, 3.05) is 66.6 Å². The minimum atomic E-state index is -0.668. The smallest absolute Gasteiger partial charge is 0.337 e. The zero-order valence-corrected chi connectivity index (χ0v) is 40.6. The van der Waals surface area contributed by atoms with Crippen LogP contribution in [0.4, 0.5) is 0 Å². The Morgan fingerprint density at radius 3 is 0.917 bits per heavy atom. The monoisotopic (exact) mass is 970 g/mol. The molecular weight excluding hydrogens is 913 g/mol. The van der Waals surface area contributed by atoms with Gasteiger partial charge in [0.2, 0.25) is 23.6 Å². The lowest BCUT2D eigenvalue weighted by atomic mass is 10.1. The summed E-state index contributed by atoms with van der Waals surface area (Å²) in [7, 11) is 2.52. The molecule has 5 heterocycles. The molecule has 72 heavy (non-hydrogen) atoms. The van der Waals surface area contributed by atoms with E-state index in [2.05, 4.69) is 0 Å². The zero-order valence-electron chi connectivity index (χ0n) is 40.6. The van der Waals surface area contributed by atoms with E-state index < -0.39 is 11.9 Å². The van der Waals surface area contributed by atoms with E-state index >= 15 is 19.2 Å². The van der Waals surface area contributed by atoms with Crippen LogP contribution in [0.2, 0.25) is 0 Å². The Labute approximate surface area is 419 Å². The maximum absolute atomic E-state index is 15.0. The van der Waals surface area contributed by atoms with Gasteiger partial charge in [0, 0.05) is 65.4 Å². The van der Waals surface area contributed by atoms with Gasteiger partial charge in [-0.15, -0.1) is 0 Å². The van der Waals surface area contributed by atoms with Crippen molar-refractivity contribution < 1.29 is 38.2 Å². The van der Waals surface area contributed by atoms with Gasteiger partial charge in [0.15, 0.2) is 0 Å². The Morgan fingerprint density at radius 1 is 0.403 bits per heavy atom. The number of nitrogens with zero attached hydrogens (tertiary/aromatic N) is 8. The standard InChI is InChI=1S/C56H58N8O8/c1-71-55(69)45-27-47-35-59-37-51(65)61(31-41-15-7-3-8-16-41)23-25-63(33-43-19-11-5-12-20-43)53(67)39-60(36-48-28-46(56(70)72-2)30-50(58-48)49(29-45)57-47)40-54(68)64(34-44-21-13-6-14-22-44)26-24-62(52(66)38-59)32-42-17-9-4-10-18-42/h3-22,27-30H,23-26,31-40H2,1-2H3. The van der Waals surface area contributed by atoms with E-state index in [0.717, 1.165) is 22.3 Å². The van der Waals surface area contributed by atoms with E-state index in [4.69, 9.17) is 19.4 Å². The Bertz CT molecular complexity index is 2530. The summed E-state index contributed by atoms with van der Waals surface area (Å²) in [6.45, 7) is 0.213. The number of rotatable bonds is 10. The lowest BCUT2D eigenvalue weighted by molar-refractivity contribution is -0.141. The number of carbonyl (C=O) groups excluding carboxylic acids is 6. The van der Waals surface area contributed by atoms with Gasteiger partial charge in [0.1, 0.15) is 0 Å². The molecule has 0 radical (unpaired) electrons. The molecule has 0 unspecified atom stereocenters. The third kappa shape index (κ3) is 13.6. The molecule has 3 aliphatic rings. The first kappa shape index (κ1) is 50.3. The largest absolute Gasteiger partial charge is 0.465 e. The number of methoxy groups -OCH3 is 2. The number of hydrogen-bond acceptors (Lipinski definition) is 12. The number of carbonyl (C=O) groups is 6. The van der Waals surface area contributed by atoms with Crippen molar-refractivity contribution in [3.05, 3.63) is 190 Å². The molecule has 0 atom stereocenters. The first-order valence-corrected chi connectivity index (χ1v) is 23.9. The summed E-state index contributed by atoms with van der Waals surface area (Å²) >= 11 is 0. The van der Waals surface area contributed by atoms with Gasteiger partial charge >= 0.3 is 11.9 Å². The Kier molecular flexibility index (Phi) is 16.9. The summed E-state index contributed by atoms with van der Waals surface area (Å²) in [5.74, 6) is -2.56. The quantitative estimate of drug-likeness (QED) is 0.160. The van der Waals surface area contributed by atoms with E-state index in [-0.39, 0.29) is 138 Å². The molecule has 370 valence electrons. The summed E-state index contributed by atoms with van der Waals surface area (Å²) < 4.78 is 10.4. The summed E-state index contributed by atoms with van der Waals surface area (Å²) in [4.78, 5) is 107. The second kappa shape index (κ2) is 24.2. The lowest BCUT2D eigenvalue weighted by Crippen LogP contribution is -2.50. The molecule has 0 saturated carbocycles. The number of ether oxygens (including phenoxy) is 2. The maximum atomic E-state index is 15.0. The van der Waals surface area contributed by atoms with Gasteiger partial charge in [-0.25, -0.2) is 19.6 Å². The van der Waals surface area contributed by atoms with Crippen molar-refractivity contribution in [2.24, 2.45) is 0 Å². The number of hydrogen-bond donors (Lipinski definition) is 0. The average molecular weight is 971 g/mol.